The van der Waals surface area contributed by atoms with Crippen molar-refractivity contribution < 1.29 is 23.8 Å². The van der Waals surface area contributed by atoms with Crippen molar-refractivity contribution in [3.8, 4) is 11.4 Å². The second-order valence-corrected chi connectivity index (χ2v) is 10.4. The van der Waals surface area contributed by atoms with Crippen LogP contribution in [0.25, 0.3) is 22.3 Å². The number of ether oxygens (including phenoxy) is 1. The normalized spacial score (nSPS) is 21.9. The second-order valence-electron chi connectivity index (χ2n) is 10.4. The van der Waals surface area contributed by atoms with Gasteiger partial charge in [-0.1, -0.05) is 13.8 Å². The number of aryl methyl sites for hydroxylation is 1. The van der Waals surface area contributed by atoms with Crippen molar-refractivity contribution in [2.45, 2.75) is 77.3 Å². The van der Waals surface area contributed by atoms with Crippen molar-refractivity contribution in [1.82, 2.24) is 14.9 Å². The number of hydrogen-bond donors (Lipinski definition) is 3. The average molecular weight is 521 g/mol. The van der Waals surface area contributed by atoms with Gasteiger partial charge in [0.05, 0.1) is 41.1 Å². The number of nitrogens with one attached hydrogen (secondary N) is 1. The highest BCUT2D eigenvalue weighted by Crippen LogP contribution is 2.45. The molecule has 2 aromatic heterocycles. The van der Waals surface area contributed by atoms with Crippen LogP contribution in [0, 0.1) is 12.7 Å². The summed E-state index contributed by atoms with van der Waals surface area (Å²) >= 11 is 0. The number of aromatic nitrogens is 2. The van der Waals surface area contributed by atoms with Crippen LogP contribution < -0.4 is 16.6 Å². The molecule has 10 heteroatoms. The van der Waals surface area contributed by atoms with Crippen LogP contribution in [-0.4, -0.2) is 32.6 Å². The summed E-state index contributed by atoms with van der Waals surface area (Å²) in [6.07, 6.45) is 1.62. The standard InChI is InChI=1S/C28H29FN4O5/c1-4-18(30)25(34)32-19-7-6-13-12(3)17(29)9-20-22(13)23(19)14-10-33-21(24(14)31-20)8-16-15(26(33)35)11-38-27(36)28(16,37)5-2/h8-9,18-19,37H,4-7,10-11,30H2,1-3H3,(H,32,34)/t18?,19-,28-/m0/s1. The molecule has 3 atom stereocenters. The third kappa shape index (κ3) is 3.23. The van der Waals surface area contributed by atoms with Gasteiger partial charge in [-0.25, -0.2) is 14.2 Å². The van der Waals surface area contributed by atoms with Crippen molar-refractivity contribution in [3.63, 3.8) is 0 Å². The van der Waals surface area contributed by atoms with E-state index in [1.54, 1.807) is 24.5 Å². The van der Waals surface area contributed by atoms with Crippen molar-refractivity contribution in [1.29, 1.82) is 0 Å². The lowest BCUT2D eigenvalue weighted by Gasteiger charge is -2.31. The number of carbonyl (C=O) groups excluding carboxylic acids is 2. The third-order valence-corrected chi connectivity index (χ3v) is 8.47. The summed E-state index contributed by atoms with van der Waals surface area (Å²) in [6, 6.07) is 1.97. The molecule has 1 amide bonds. The molecular formula is C28H29FN4O5. The molecule has 0 spiro atoms. The minimum absolute atomic E-state index is 0.0324. The molecule has 38 heavy (non-hydrogen) atoms. The Bertz CT molecular complexity index is 1630. The van der Waals surface area contributed by atoms with Crippen molar-refractivity contribution in [3.05, 3.63) is 61.7 Å². The van der Waals surface area contributed by atoms with E-state index in [1.807, 2.05) is 6.92 Å². The third-order valence-electron chi connectivity index (χ3n) is 8.47. The predicted octanol–water partition coefficient (Wildman–Crippen LogP) is 2.37. The SMILES string of the molecule is CCC(N)C(=O)N[C@H]1CCc2c(C)c(F)cc3nc4c(c1c23)Cn1c-4cc2c(c1=O)COC(=O)[C@]2(O)CC. The van der Waals surface area contributed by atoms with Crippen LogP contribution in [0.5, 0.6) is 0 Å². The van der Waals surface area contributed by atoms with E-state index in [4.69, 9.17) is 15.5 Å². The monoisotopic (exact) mass is 520 g/mol. The Morgan fingerprint density at radius 3 is 2.79 bits per heavy atom. The van der Waals surface area contributed by atoms with Crippen molar-refractivity contribution in [2.24, 2.45) is 5.73 Å². The van der Waals surface area contributed by atoms with Crippen molar-refractivity contribution >= 4 is 22.8 Å². The number of hydrogen-bond acceptors (Lipinski definition) is 7. The smallest absolute Gasteiger partial charge is 0.343 e. The van der Waals surface area contributed by atoms with E-state index in [-0.39, 0.29) is 48.0 Å². The number of cyclic esters (lactones) is 1. The summed E-state index contributed by atoms with van der Waals surface area (Å²) in [5.74, 6) is -1.44. The number of halogens is 1. The molecule has 0 bridgehead atoms. The Morgan fingerprint density at radius 1 is 1.32 bits per heavy atom. The van der Waals surface area contributed by atoms with E-state index in [1.165, 1.54) is 6.07 Å². The molecule has 3 aromatic rings. The molecule has 198 valence electrons. The number of carbonyl (C=O) groups is 2. The maximum Gasteiger partial charge on any atom is 0.343 e. The minimum Gasteiger partial charge on any atom is -0.458 e. The van der Waals surface area contributed by atoms with E-state index in [0.717, 1.165) is 22.1 Å². The molecule has 0 fully saturated rings. The summed E-state index contributed by atoms with van der Waals surface area (Å²) in [5, 5.41) is 15.0. The number of esters is 1. The van der Waals surface area contributed by atoms with Gasteiger partial charge >= 0.3 is 5.97 Å². The molecule has 4 N–H and O–H groups in total. The zero-order chi connectivity index (χ0) is 27.1. The van der Waals surface area contributed by atoms with Gasteiger partial charge in [-0.05, 0) is 55.4 Å². The quantitative estimate of drug-likeness (QED) is 0.352. The number of pyridine rings is 2. The Labute approximate surface area is 217 Å². The lowest BCUT2D eigenvalue weighted by Crippen LogP contribution is -2.44. The zero-order valence-corrected chi connectivity index (χ0v) is 21.5. The van der Waals surface area contributed by atoms with Crippen LogP contribution in [-0.2, 0) is 39.5 Å². The predicted molar refractivity (Wildman–Crippen MR) is 137 cm³/mol. The van der Waals surface area contributed by atoms with Gasteiger partial charge in [0.25, 0.3) is 5.56 Å². The molecule has 4 heterocycles. The lowest BCUT2D eigenvalue weighted by molar-refractivity contribution is -0.172. The molecule has 0 saturated carbocycles. The van der Waals surface area contributed by atoms with Crippen LogP contribution in [0.4, 0.5) is 4.39 Å². The molecule has 0 saturated heterocycles. The summed E-state index contributed by atoms with van der Waals surface area (Å²) in [4.78, 5) is 43.8. The van der Waals surface area contributed by atoms with Gasteiger partial charge in [-0.15, -0.1) is 0 Å². The lowest BCUT2D eigenvalue weighted by atomic mass is 9.81. The average Bonchev–Trinajstić information content (AvgIpc) is 3.28. The highest BCUT2D eigenvalue weighted by Gasteiger charge is 2.46. The molecule has 1 unspecified atom stereocenters. The topological polar surface area (TPSA) is 137 Å². The summed E-state index contributed by atoms with van der Waals surface area (Å²) in [5.41, 5.74) is 8.42. The Hall–Kier alpha value is -3.63. The van der Waals surface area contributed by atoms with Gasteiger partial charge in [0.2, 0.25) is 5.91 Å². The van der Waals surface area contributed by atoms with E-state index in [0.29, 0.717) is 41.7 Å². The van der Waals surface area contributed by atoms with E-state index in [9.17, 15) is 23.9 Å². The minimum atomic E-state index is -1.95. The van der Waals surface area contributed by atoms with Crippen LogP contribution in [0.2, 0.25) is 0 Å². The molecule has 9 nitrogen and oxygen atoms in total. The molecule has 0 radical (unpaired) electrons. The first-order chi connectivity index (χ1) is 18.1. The first-order valence-electron chi connectivity index (χ1n) is 13.0. The first kappa shape index (κ1) is 24.7. The number of amides is 1. The highest BCUT2D eigenvalue weighted by atomic mass is 19.1. The first-order valence-corrected chi connectivity index (χ1v) is 13.0. The fraction of sp³-hybridized carbons (Fsp3) is 0.429. The second kappa shape index (κ2) is 8.44. The number of aliphatic hydroxyl groups is 1. The fourth-order valence-electron chi connectivity index (χ4n) is 6.16. The van der Waals surface area contributed by atoms with Gasteiger partial charge in [0.1, 0.15) is 12.4 Å². The van der Waals surface area contributed by atoms with Crippen LogP contribution in [0.1, 0.15) is 72.5 Å². The van der Waals surface area contributed by atoms with E-state index < -0.39 is 23.7 Å². The number of benzene rings is 1. The van der Waals surface area contributed by atoms with Crippen molar-refractivity contribution in [2.75, 3.05) is 0 Å². The van der Waals surface area contributed by atoms with E-state index in [2.05, 4.69) is 5.32 Å². The van der Waals surface area contributed by atoms with Crippen LogP contribution in [0.15, 0.2) is 16.9 Å². The maximum absolute atomic E-state index is 15.0. The number of nitrogens with two attached hydrogens (primary N) is 1. The van der Waals surface area contributed by atoms with Gasteiger partial charge < -0.3 is 25.5 Å². The van der Waals surface area contributed by atoms with Gasteiger partial charge in [-0.3, -0.25) is 9.59 Å². The molecule has 6 rings (SSSR count). The van der Waals surface area contributed by atoms with E-state index >= 15 is 0 Å². The molecule has 1 aliphatic carbocycles. The van der Waals surface area contributed by atoms with Gasteiger partial charge in [0, 0.05) is 22.6 Å². The molecule has 2 aliphatic heterocycles. The summed E-state index contributed by atoms with van der Waals surface area (Å²) < 4.78 is 21.7. The number of rotatable bonds is 4. The zero-order valence-electron chi connectivity index (χ0n) is 21.5. The van der Waals surface area contributed by atoms with Crippen LogP contribution >= 0.6 is 0 Å². The van der Waals surface area contributed by atoms with Crippen LogP contribution in [0.3, 0.4) is 0 Å². The summed E-state index contributed by atoms with van der Waals surface area (Å²) in [6.45, 7) is 5.19. The Kier molecular flexibility index (Phi) is 5.48. The molecule has 3 aliphatic rings. The summed E-state index contributed by atoms with van der Waals surface area (Å²) in [7, 11) is 0. The molecule has 1 aromatic carbocycles. The highest BCUT2D eigenvalue weighted by molar-refractivity contribution is 5.94. The number of fused-ring (bicyclic) bond motifs is 5. The van der Waals surface area contributed by atoms with Gasteiger partial charge in [0.15, 0.2) is 5.60 Å². The van der Waals surface area contributed by atoms with Gasteiger partial charge in [-0.2, -0.15) is 0 Å². The Balaban J connectivity index is 1.63. The fourth-order valence-corrected chi connectivity index (χ4v) is 6.16. The maximum atomic E-state index is 15.0. The largest absolute Gasteiger partial charge is 0.458 e. The molecular weight excluding hydrogens is 491 g/mol. The number of nitrogens with zero attached hydrogens (tertiary/aromatic N) is 2. The Morgan fingerprint density at radius 2 is 2.08 bits per heavy atom.